The van der Waals surface area contributed by atoms with Gasteiger partial charge in [-0.2, -0.15) is 0 Å². The lowest BCUT2D eigenvalue weighted by Gasteiger charge is -2.04. The van der Waals surface area contributed by atoms with Crippen molar-refractivity contribution in [1.82, 2.24) is 4.90 Å². The Morgan fingerprint density at radius 2 is 2.21 bits per heavy atom. The van der Waals surface area contributed by atoms with E-state index in [0.717, 1.165) is 13.1 Å². The van der Waals surface area contributed by atoms with Crippen molar-refractivity contribution in [2.75, 3.05) is 13.1 Å². The predicted molar refractivity (Wildman–Crippen MR) is 51.7 cm³/mol. The fraction of sp³-hybridized carbons (Fsp3) is 0.364. The predicted octanol–water partition coefficient (Wildman–Crippen LogP) is 1.84. The minimum Gasteiger partial charge on any atom is -0.335 e. The van der Waals surface area contributed by atoms with E-state index >= 15 is 0 Å². The van der Waals surface area contributed by atoms with Crippen molar-refractivity contribution in [3.05, 3.63) is 35.1 Å². The summed E-state index contributed by atoms with van der Waals surface area (Å²) in [6, 6.07) is 4.57. The fourth-order valence-corrected chi connectivity index (χ4v) is 1.41. The average molecular weight is 193 g/mol. The number of hydrogen-bond donors (Lipinski definition) is 0. The summed E-state index contributed by atoms with van der Waals surface area (Å²) in [5.74, 6) is -0.213. The van der Waals surface area contributed by atoms with Crippen LogP contribution in [0.1, 0.15) is 22.8 Å². The van der Waals surface area contributed by atoms with Gasteiger partial charge in [-0.25, -0.2) is 4.39 Å². The molecule has 1 aliphatic rings. The maximum absolute atomic E-state index is 13.1. The second-order valence-corrected chi connectivity index (χ2v) is 3.45. The molecule has 0 saturated carbocycles. The molecule has 0 unspecified atom stereocenters. The van der Waals surface area contributed by atoms with Crippen molar-refractivity contribution in [3.63, 3.8) is 0 Å². The Morgan fingerprint density at radius 3 is 2.79 bits per heavy atom. The zero-order valence-corrected chi connectivity index (χ0v) is 8.09. The molecule has 1 aromatic rings. The summed E-state index contributed by atoms with van der Waals surface area (Å²) in [6.07, 6.45) is 0.618. The highest BCUT2D eigenvalue weighted by molar-refractivity contribution is 5.95. The van der Waals surface area contributed by atoms with E-state index in [-0.39, 0.29) is 11.7 Å². The molecule has 1 heterocycles. The lowest BCUT2D eigenvalue weighted by molar-refractivity contribution is 0.0885. The highest BCUT2D eigenvalue weighted by Gasteiger charge is 2.25. The number of halogens is 1. The average Bonchev–Trinajstić information content (AvgIpc) is 3.01. The number of amides is 1. The van der Waals surface area contributed by atoms with E-state index in [2.05, 4.69) is 0 Å². The second kappa shape index (κ2) is 3.40. The van der Waals surface area contributed by atoms with Crippen LogP contribution in [-0.4, -0.2) is 23.9 Å². The van der Waals surface area contributed by atoms with Gasteiger partial charge in [-0.3, -0.25) is 4.79 Å². The molecule has 2 rings (SSSR count). The smallest absolute Gasteiger partial charge is 0.253 e. The lowest BCUT2D eigenvalue weighted by atomic mass is 10.1. The Morgan fingerprint density at radius 1 is 1.50 bits per heavy atom. The maximum Gasteiger partial charge on any atom is 0.253 e. The summed E-state index contributed by atoms with van der Waals surface area (Å²) >= 11 is 0. The zero-order valence-electron chi connectivity index (χ0n) is 8.09. The Balaban J connectivity index is 2.29. The molecule has 1 aromatic carbocycles. The van der Waals surface area contributed by atoms with E-state index in [0.29, 0.717) is 17.5 Å². The molecule has 74 valence electrons. The van der Waals surface area contributed by atoms with Crippen molar-refractivity contribution < 1.29 is 9.18 Å². The number of nitrogens with zero attached hydrogens (tertiary/aromatic N) is 1. The van der Waals surface area contributed by atoms with Gasteiger partial charge in [0, 0.05) is 18.7 Å². The summed E-state index contributed by atoms with van der Waals surface area (Å²) in [5.41, 5.74) is 1.21. The minimum atomic E-state index is -0.227. The molecular formula is C11H12FNO. The molecule has 3 heteroatoms. The highest BCUT2D eigenvalue weighted by Crippen LogP contribution is 2.16. The number of benzene rings is 1. The van der Waals surface area contributed by atoms with Crippen molar-refractivity contribution in [2.24, 2.45) is 0 Å². The van der Waals surface area contributed by atoms with Crippen LogP contribution in [0.15, 0.2) is 18.2 Å². The van der Waals surface area contributed by atoms with Gasteiger partial charge in [0.05, 0.1) is 0 Å². The van der Waals surface area contributed by atoms with E-state index in [9.17, 15) is 9.18 Å². The topological polar surface area (TPSA) is 20.1 Å². The molecule has 0 radical (unpaired) electrons. The van der Waals surface area contributed by atoms with Crippen molar-refractivity contribution in [2.45, 2.75) is 13.3 Å². The molecule has 0 aliphatic carbocycles. The molecule has 2 nitrogen and oxygen atoms in total. The van der Waals surface area contributed by atoms with Crippen LogP contribution in [0.4, 0.5) is 4.39 Å². The van der Waals surface area contributed by atoms with E-state index < -0.39 is 0 Å². The van der Waals surface area contributed by atoms with E-state index in [1.807, 2.05) is 6.92 Å². The SMILES string of the molecule is CCc1cc(C(=O)N2CC2)ccc1F. The first kappa shape index (κ1) is 9.19. The molecule has 1 saturated heterocycles. The minimum absolute atomic E-state index is 0.0136. The van der Waals surface area contributed by atoms with Crippen molar-refractivity contribution >= 4 is 5.91 Å². The normalized spacial score (nSPS) is 14.3. The summed E-state index contributed by atoms with van der Waals surface area (Å²) in [6.45, 7) is 3.54. The van der Waals surface area contributed by atoms with E-state index in [1.54, 1.807) is 17.0 Å². The zero-order chi connectivity index (χ0) is 10.1. The van der Waals surface area contributed by atoms with E-state index in [4.69, 9.17) is 0 Å². The van der Waals surface area contributed by atoms with Crippen LogP contribution in [0, 0.1) is 5.82 Å². The Kier molecular flexibility index (Phi) is 2.23. The summed E-state index contributed by atoms with van der Waals surface area (Å²) < 4.78 is 13.1. The molecule has 1 fully saturated rings. The van der Waals surface area contributed by atoms with Crippen molar-refractivity contribution in [1.29, 1.82) is 0 Å². The summed E-state index contributed by atoms with van der Waals surface area (Å²) in [7, 11) is 0. The standard InChI is InChI=1S/C11H12FNO/c1-2-8-7-9(3-4-10(8)12)11(14)13-5-6-13/h3-4,7H,2,5-6H2,1H3. The third kappa shape index (κ3) is 1.62. The number of carbonyl (C=O) groups is 1. The molecule has 0 atom stereocenters. The lowest BCUT2D eigenvalue weighted by Crippen LogP contribution is -2.11. The van der Waals surface area contributed by atoms with Crippen LogP contribution in [0.2, 0.25) is 0 Å². The molecule has 0 aromatic heterocycles. The molecule has 0 N–H and O–H groups in total. The molecule has 1 amide bonds. The van der Waals surface area contributed by atoms with Crippen LogP contribution in [0.5, 0.6) is 0 Å². The van der Waals surface area contributed by atoms with Gasteiger partial charge >= 0.3 is 0 Å². The van der Waals surface area contributed by atoms with Crippen LogP contribution >= 0.6 is 0 Å². The number of hydrogen-bond acceptors (Lipinski definition) is 1. The van der Waals surface area contributed by atoms with Gasteiger partial charge in [0.1, 0.15) is 5.82 Å². The number of rotatable bonds is 2. The molecule has 1 aliphatic heterocycles. The van der Waals surface area contributed by atoms with Crippen LogP contribution < -0.4 is 0 Å². The summed E-state index contributed by atoms with van der Waals surface area (Å²) in [5, 5.41) is 0. The molecule has 14 heavy (non-hydrogen) atoms. The van der Waals surface area contributed by atoms with E-state index in [1.165, 1.54) is 6.07 Å². The number of carbonyl (C=O) groups excluding carboxylic acids is 1. The Labute approximate surface area is 82.3 Å². The Bertz CT molecular complexity index is 372. The van der Waals surface area contributed by atoms with Crippen LogP contribution in [-0.2, 0) is 6.42 Å². The van der Waals surface area contributed by atoms with Gasteiger partial charge in [0.25, 0.3) is 5.91 Å². The first-order chi connectivity index (χ1) is 6.72. The maximum atomic E-state index is 13.1. The van der Waals surface area contributed by atoms with Gasteiger partial charge in [0.2, 0.25) is 0 Å². The first-order valence-electron chi connectivity index (χ1n) is 4.80. The monoisotopic (exact) mass is 193 g/mol. The molecular weight excluding hydrogens is 181 g/mol. The van der Waals surface area contributed by atoms with Gasteiger partial charge in [-0.1, -0.05) is 6.92 Å². The van der Waals surface area contributed by atoms with Gasteiger partial charge < -0.3 is 4.90 Å². The first-order valence-corrected chi connectivity index (χ1v) is 4.80. The van der Waals surface area contributed by atoms with Gasteiger partial charge in [-0.15, -0.1) is 0 Å². The van der Waals surface area contributed by atoms with Gasteiger partial charge in [0.15, 0.2) is 0 Å². The Hall–Kier alpha value is -1.38. The second-order valence-electron chi connectivity index (χ2n) is 3.45. The largest absolute Gasteiger partial charge is 0.335 e. The third-order valence-electron chi connectivity index (χ3n) is 2.41. The highest BCUT2D eigenvalue weighted by atomic mass is 19.1. The molecule has 0 spiro atoms. The quantitative estimate of drug-likeness (QED) is 0.656. The number of aryl methyl sites for hydroxylation is 1. The van der Waals surface area contributed by atoms with Crippen LogP contribution in [0.3, 0.4) is 0 Å². The molecule has 0 bridgehead atoms. The third-order valence-corrected chi connectivity index (χ3v) is 2.41. The van der Waals surface area contributed by atoms with Gasteiger partial charge in [-0.05, 0) is 30.2 Å². The van der Waals surface area contributed by atoms with Crippen molar-refractivity contribution in [3.8, 4) is 0 Å². The fourth-order valence-electron chi connectivity index (χ4n) is 1.41. The van der Waals surface area contributed by atoms with Crippen LogP contribution in [0.25, 0.3) is 0 Å². The summed E-state index contributed by atoms with van der Waals surface area (Å²) in [4.78, 5) is 13.3.